The lowest BCUT2D eigenvalue weighted by Crippen LogP contribution is -2.38. The summed E-state index contributed by atoms with van der Waals surface area (Å²) in [5.74, 6) is -0.201. The predicted molar refractivity (Wildman–Crippen MR) is 98.6 cm³/mol. The molecular formula is C20H25FN2O4. The molecule has 1 aromatic carbocycles. The number of ether oxygens (including phenoxy) is 1. The van der Waals surface area contributed by atoms with Crippen LogP contribution in [0.4, 0.5) is 9.18 Å². The molecule has 2 heterocycles. The van der Waals surface area contributed by atoms with Crippen LogP contribution in [0.5, 0.6) is 0 Å². The van der Waals surface area contributed by atoms with Gasteiger partial charge in [-0.05, 0) is 58.4 Å². The Morgan fingerprint density at radius 1 is 1.33 bits per heavy atom. The molecule has 0 aliphatic carbocycles. The van der Waals surface area contributed by atoms with Crippen LogP contribution in [0.25, 0.3) is 11.0 Å². The molecule has 1 aromatic heterocycles. The monoisotopic (exact) mass is 376 g/mol. The number of fused-ring (bicyclic) bond motifs is 1. The number of benzene rings is 1. The molecule has 2 atom stereocenters. The number of rotatable bonds is 3. The van der Waals surface area contributed by atoms with Crippen molar-refractivity contribution < 1.29 is 23.1 Å². The Hall–Kier alpha value is -2.57. The zero-order valence-electron chi connectivity index (χ0n) is 16.0. The van der Waals surface area contributed by atoms with Crippen molar-refractivity contribution in [3.63, 3.8) is 0 Å². The van der Waals surface area contributed by atoms with Crippen molar-refractivity contribution in [1.82, 2.24) is 10.2 Å². The van der Waals surface area contributed by atoms with Crippen molar-refractivity contribution in [3.05, 3.63) is 35.8 Å². The van der Waals surface area contributed by atoms with E-state index in [0.717, 1.165) is 0 Å². The van der Waals surface area contributed by atoms with Gasteiger partial charge >= 0.3 is 6.09 Å². The van der Waals surface area contributed by atoms with Gasteiger partial charge in [0.2, 0.25) is 5.91 Å². The second kappa shape index (κ2) is 7.21. The van der Waals surface area contributed by atoms with Gasteiger partial charge in [-0.1, -0.05) is 0 Å². The van der Waals surface area contributed by atoms with Crippen LogP contribution < -0.4 is 5.32 Å². The first kappa shape index (κ1) is 19.2. The second-order valence-electron chi connectivity index (χ2n) is 7.97. The van der Waals surface area contributed by atoms with Gasteiger partial charge in [-0.2, -0.15) is 0 Å². The van der Waals surface area contributed by atoms with E-state index in [2.05, 4.69) is 5.32 Å². The first-order valence-corrected chi connectivity index (χ1v) is 9.10. The zero-order valence-corrected chi connectivity index (χ0v) is 16.0. The molecule has 1 aliphatic rings. The number of likely N-dealkylation sites (tertiary alicyclic amines) is 1. The number of hydrogen-bond donors (Lipinski definition) is 1. The van der Waals surface area contributed by atoms with Crippen molar-refractivity contribution in [1.29, 1.82) is 0 Å². The van der Waals surface area contributed by atoms with Crippen molar-refractivity contribution in [2.45, 2.75) is 45.8 Å². The Morgan fingerprint density at radius 3 is 2.78 bits per heavy atom. The quantitative estimate of drug-likeness (QED) is 0.879. The number of amides is 2. The summed E-state index contributed by atoms with van der Waals surface area (Å²) in [7, 11) is 0. The number of halogens is 1. The molecule has 1 saturated heterocycles. The van der Waals surface area contributed by atoms with Gasteiger partial charge in [-0.15, -0.1) is 0 Å². The highest BCUT2D eigenvalue weighted by molar-refractivity contribution is 5.82. The van der Waals surface area contributed by atoms with Gasteiger partial charge < -0.3 is 19.4 Å². The Morgan fingerprint density at radius 2 is 2.07 bits per heavy atom. The van der Waals surface area contributed by atoms with Crippen LogP contribution in [0, 0.1) is 11.7 Å². The SMILES string of the molecule is C[C@@H](NC(=O)C1CCN(C(=O)OC(C)(C)C)C1)c1cc2cc(F)ccc2o1. The van der Waals surface area contributed by atoms with Crippen LogP contribution in [0.3, 0.4) is 0 Å². The molecule has 3 rings (SSSR count). The average Bonchev–Trinajstić information content (AvgIpc) is 3.19. The molecule has 1 fully saturated rings. The number of nitrogens with zero attached hydrogens (tertiary/aromatic N) is 1. The summed E-state index contributed by atoms with van der Waals surface area (Å²) in [6.45, 7) is 8.07. The topological polar surface area (TPSA) is 71.8 Å². The summed E-state index contributed by atoms with van der Waals surface area (Å²) in [5, 5.41) is 3.57. The molecule has 27 heavy (non-hydrogen) atoms. The molecule has 0 saturated carbocycles. The van der Waals surface area contributed by atoms with E-state index < -0.39 is 11.7 Å². The van der Waals surface area contributed by atoms with Gasteiger partial charge in [0, 0.05) is 18.5 Å². The normalized spacial score (nSPS) is 18.6. The Bertz CT molecular complexity index is 855. The van der Waals surface area contributed by atoms with Gasteiger partial charge in [0.15, 0.2) is 0 Å². The Kier molecular flexibility index (Phi) is 5.13. The fourth-order valence-corrected chi connectivity index (χ4v) is 3.12. The maximum atomic E-state index is 13.3. The van der Waals surface area contributed by atoms with E-state index in [9.17, 15) is 14.0 Å². The van der Waals surface area contributed by atoms with Gasteiger partial charge in [0.1, 0.15) is 22.8 Å². The van der Waals surface area contributed by atoms with E-state index in [-0.39, 0.29) is 23.7 Å². The highest BCUT2D eigenvalue weighted by atomic mass is 19.1. The second-order valence-corrected chi connectivity index (χ2v) is 7.97. The molecule has 2 amide bonds. The lowest BCUT2D eigenvalue weighted by molar-refractivity contribution is -0.125. The van der Waals surface area contributed by atoms with Gasteiger partial charge in [0.25, 0.3) is 0 Å². The summed E-state index contributed by atoms with van der Waals surface area (Å²) < 4.78 is 24.4. The molecule has 0 spiro atoms. The lowest BCUT2D eigenvalue weighted by atomic mass is 10.1. The summed E-state index contributed by atoms with van der Waals surface area (Å²) >= 11 is 0. The van der Waals surface area contributed by atoms with E-state index in [1.807, 2.05) is 27.7 Å². The van der Waals surface area contributed by atoms with E-state index >= 15 is 0 Å². The van der Waals surface area contributed by atoms with Crippen LogP contribution in [0.1, 0.15) is 45.9 Å². The number of carbonyl (C=O) groups is 2. The Labute approximate surface area is 157 Å². The van der Waals surface area contributed by atoms with Crippen molar-refractivity contribution in [2.24, 2.45) is 5.92 Å². The summed E-state index contributed by atoms with van der Waals surface area (Å²) in [6.07, 6.45) is 0.188. The molecular weight excluding hydrogens is 351 g/mol. The number of hydrogen-bond acceptors (Lipinski definition) is 4. The van der Waals surface area contributed by atoms with Crippen LogP contribution in [-0.2, 0) is 9.53 Å². The van der Waals surface area contributed by atoms with E-state index in [1.54, 1.807) is 17.0 Å². The number of nitrogens with one attached hydrogen (secondary N) is 1. The largest absolute Gasteiger partial charge is 0.459 e. The standard InChI is InChI=1S/C20H25FN2O4/c1-12(17-10-14-9-15(21)5-6-16(14)26-17)22-18(24)13-7-8-23(11-13)19(25)27-20(2,3)4/h5-6,9-10,12-13H,7-8,11H2,1-4H3,(H,22,24)/t12-,13?/m1/s1. The Balaban J connectivity index is 1.59. The molecule has 1 N–H and O–H groups in total. The van der Waals surface area contributed by atoms with Crippen molar-refractivity contribution >= 4 is 23.0 Å². The van der Waals surface area contributed by atoms with Crippen LogP contribution in [0.15, 0.2) is 28.7 Å². The minimum Gasteiger partial charge on any atom is -0.459 e. The lowest BCUT2D eigenvalue weighted by Gasteiger charge is -2.24. The average molecular weight is 376 g/mol. The highest BCUT2D eigenvalue weighted by Gasteiger charge is 2.34. The first-order chi connectivity index (χ1) is 12.6. The molecule has 1 unspecified atom stereocenters. The van der Waals surface area contributed by atoms with E-state index in [1.165, 1.54) is 12.1 Å². The molecule has 1 aliphatic heterocycles. The van der Waals surface area contributed by atoms with Crippen LogP contribution >= 0.6 is 0 Å². The molecule has 0 radical (unpaired) electrons. The maximum Gasteiger partial charge on any atom is 0.410 e. The third kappa shape index (κ3) is 4.59. The zero-order chi connectivity index (χ0) is 19.8. The van der Waals surface area contributed by atoms with Crippen molar-refractivity contribution in [3.8, 4) is 0 Å². The summed E-state index contributed by atoms with van der Waals surface area (Å²) in [4.78, 5) is 26.2. The smallest absolute Gasteiger partial charge is 0.410 e. The third-order valence-electron chi connectivity index (χ3n) is 4.49. The fourth-order valence-electron chi connectivity index (χ4n) is 3.12. The maximum absolute atomic E-state index is 13.3. The first-order valence-electron chi connectivity index (χ1n) is 9.10. The van der Waals surface area contributed by atoms with Crippen molar-refractivity contribution in [2.75, 3.05) is 13.1 Å². The molecule has 6 nitrogen and oxygen atoms in total. The van der Waals surface area contributed by atoms with E-state index in [0.29, 0.717) is 36.2 Å². The summed E-state index contributed by atoms with van der Waals surface area (Å²) in [5.41, 5.74) is 0.0108. The van der Waals surface area contributed by atoms with Gasteiger partial charge in [-0.25, -0.2) is 9.18 Å². The van der Waals surface area contributed by atoms with E-state index in [4.69, 9.17) is 9.15 Å². The number of carbonyl (C=O) groups excluding carboxylic acids is 2. The molecule has 7 heteroatoms. The predicted octanol–water partition coefficient (Wildman–Crippen LogP) is 4.01. The molecule has 2 aromatic rings. The highest BCUT2D eigenvalue weighted by Crippen LogP contribution is 2.26. The number of furan rings is 1. The molecule has 0 bridgehead atoms. The van der Waals surface area contributed by atoms with Crippen LogP contribution in [0.2, 0.25) is 0 Å². The minimum atomic E-state index is -0.563. The fraction of sp³-hybridized carbons (Fsp3) is 0.500. The minimum absolute atomic E-state index is 0.139. The molecule has 146 valence electrons. The summed E-state index contributed by atoms with van der Waals surface area (Å²) in [6, 6.07) is 5.67. The van der Waals surface area contributed by atoms with Gasteiger partial charge in [-0.3, -0.25) is 4.79 Å². The third-order valence-corrected chi connectivity index (χ3v) is 4.49. The van der Waals surface area contributed by atoms with Crippen LogP contribution in [-0.4, -0.2) is 35.6 Å². The van der Waals surface area contributed by atoms with Gasteiger partial charge in [0.05, 0.1) is 12.0 Å².